The summed E-state index contributed by atoms with van der Waals surface area (Å²) in [5.41, 5.74) is 11.7. The van der Waals surface area contributed by atoms with Crippen molar-refractivity contribution in [1.82, 2.24) is 14.1 Å². The van der Waals surface area contributed by atoms with Gasteiger partial charge in [0.1, 0.15) is 17.3 Å². The summed E-state index contributed by atoms with van der Waals surface area (Å²) in [6.07, 6.45) is 5.46. The van der Waals surface area contributed by atoms with E-state index in [4.69, 9.17) is 17.9 Å². The second kappa shape index (κ2) is 19.0. The molecule has 13 aromatic rings. The van der Waals surface area contributed by atoms with Crippen LogP contribution in [-0.2, 0) is 5.41 Å². The van der Waals surface area contributed by atoms with Crippen LogP contribution in [0.2, 0.25) is 0 Å². The van der Waals surface area contributed by atoms with E-state index in [0.717, 1.165) is 72.1 Å². The molecule has 5 nitrogen and oxygen atoms in total. The molecule has 3 heterocycles. The highest BCUT2D eigenvalue weighted by Gasteiger charge is 2.23. The van der Waals surface area contributed by atoms with E-state index in [9.17, 15) is 5.48 Å². The lowest BCUT2D eigenvalue weighted by Gasteiger charge is -2.20. The Morgan fingerprint density at radius 3 is 1.80 bits per heavy atom. The number of hydrogen-bond acceptors (Lipinski definition) is 2. The number of benzene rings is 10. The van der Waals surface area contributed by atoms with Crippen molar-refractivity contribution in [3.8, 4) is 84.3 Å². The third-order valence-electron chi connectivity index (χ3n) is 14.1. The van der Waals surface area contributed by atoms with Crippen molar-refractivity contribution in [2.45, 2.75) is 33.1 Å². The molecule has 0 bridgehead atoms. The van der Waals surface area contributed by atoms with Crippen LogP contribution in [0.1, 0.15) is 45.6 Å². The quantitative estimate of drug-likeness (QED) is 0.101. The van der Waals surface area contributed by atoms with Crippen molar-refractivity contribution >= 4 is 32.8 Å². The van der Waals surface area contributed by atoms with E-state index in [1.54, 1.807) is 22.8 Å². The minimum absolute atomic E-state index is 0.129. The molecule has 76 heavy (non-hydrogen) atoms. The first-order valence-corrected chi connectivity index (χ1v) is 25.2. The van der Waals surface area contributed by atoms with Crippen LogP contribution < -0.4 is 9.30 Å². The number of para-hydroxylation sites is 4. The molecule has 3 aromatic heterocycles. The van der Waals surface area contributed by atoms with Gasteiger partial charge in [0.05, 0.1) is 47.1 Å². The Kier molecular flexibility index (Phi) is 9.11. The molecule has 0 amide bonds. The molecule has 0 atom stereocenters. The number of imidazole rings is 1. The molecule has 10 aromatic carbocycles. The zero-order valence-electron chi connectivity index (χ0n) is 52.2. The van der Waals surface area contributed by atoms with Crippen LogP contribution in [-0.4, -0.2) is 14.1 Å². The summed E-state index contributed by atoms with van der Waals surface area (Å²) in [7, 11) is 0. The van der Waals surface area contributed by atoms with E-state index in [1.807, 2.05) is 108 Å². The maximum atomic E-state index is 9.25. The number of aromatic nitrogens is 4. The van der Waals surface area contributed by atoms with Crippen LogP contribution in [0.4, 0.5) is 0 Å². The molecule has 0 saturated carbocycles. The molecule has 0 aliphatic rings. The van der Waals surface area contributed by atoms with Gasteiger partial charge in [-0.3, -0.25) is 13.7 Å². The predicted octanol–water partition coefficient (Wildman–Crippen LogP) is 17.9. The van der Waals surface area contributed by atoms with Gasteiger partial charge in [-0.25, -0.2) is 4.98 Å². The monoisotopic (exact) mass is 988 g/mol. The van der Waals surface area contributed by atoms with Gasteiger partial charge in [0.15, 0.2) is 0 Å². The Morgan fingerprint density at radius 2 is 1.11 bits per heavy atom. The fourth-order valence-corrected chi connectivity index (χ4v) is 10.4. The topological polar surface area (TPSA) is 35.9 Å². The van der Waals surface area contributed by atoms with Crippen LogP contribution in [0.3, 0.4) is 0 Å². The lowest BCUT2D eigenvalue weighted by Crippen LogP contribution is -2.31. The summed E-state index contributed by atoms with van der Waals surface area (Å²) in [6.45, 7) is 8.69. The van der Waals surface area contributed by atoms with Crippen molar-refractivity contribution < 1.29 is 23.0 Å². The van der Waals surface area contributed by atoms with Gasteiger partial charge in [0.2, 0.25) is 0 Å². The van der Waals surface area contributed by atoms with E-state index in [1.165, 1.54) is 0 Å². The first-order chi connectivity index (χ1) is 41.4. The van der Waals surface area contributed by atoms with E-state index in [-0.39, 0.29) is 33.4 Å². The molecule has 5 heteroatoms. The Hall–Kier alpha value is -9.58. The molecule has 0 spiro atoms. The van der Waals surface area contributed by atoms with Crippen molar-refractivity contribution in [2.75, 3.05) is 0 Å². The average molecular weight is 989 g/mol. The summed E-state index contributed by atoms with van der Waals surface area (Å²) in [6, 6.07) is 56.6. The number of fused-ring (bicyclic) bond motifs is 4. The summed E-state index contributed by atoms with van der Waals surface area (Å²) < 4.78 is 102. The molecule has 0 N–H and O–H groups in total. The SMILES string of the molecule is [2H]c1c([2H])c([2H])c(-c2cccc(-c3c([2H])c([2H])c([2H])c([2H])c3[2H])c2-[n+]2[c-]n(-c3cc(Oc4ccc5c6ccccc6n(-c6cc(C(C)(C)C)ccn6)c5c4)cc(-c4cc(-c5ccccc5)cc(-c5ccccc5)c4C)c3)c3ccccc32)c([2H])c1[2H]. The van der Waals surface area contributed by atoms with Gasteiger partial charge in [-0.15, -0.1) is 0 Å². The zero-order chi connectivity index (χ0) is 60.0. The molecular formula is C71H54N4O. The zero-order valence-corrected chi connectivity index (χ0v) is 42.2. The molecule has 0 aliphatic heterocycles. The predicted molar refractivity (Wildman–Crippen MR) is 313 cm³/mol. The van der Waals surface area contributed by atoms with E-state index in [0.29, 0.717) is 28.2 Å². The molecule has 0 radical (unpaired) electrons. The molecule has 0 aliphatic carbocycles. The van der Waals surface area contributed by atoms with Crippen molar-refractivity contribution in [3.63, 3.8) is 0 Å². The fourth-order valence-electron chi connectivity index (χ4n) is 10.4. The molecule has 0 unspecified atom stereocenters. The standard InChI is InChI=1S/C71H54N4O/c1-48-63(52-28-15-8-16-29-52)42-53(49-22-9-5-10-23-49)43-64(48)54-40-56(45-58(41-54)76-57-36-37-62-61-30-17-18-33-65(61)75(68(62)46-57)69-44-55(38-39-72-69)71(2,3)4)73-47-74(67-35-20-19-34-66(67)73)70-59(50-24-11-6-12-25-50)31-21-32-60(70)51-26-13-7-14-27-51/h5-46H,1-4H3/i6D,7D,11D,12D,13D,14D,24D,25D,26D,27D. The van der Waals surface area contributed by atoms with E-state index < -0.39 is 60.4 Å². The molecule has 364 valence electrons. The molecule has 0 saturated heterocycles. The fraction of sp³-hybridized carbons (Fsp3) is 0.0704. The van der Waals surface area contributed by atoms with Crippen LogP contribution in [0.15, 0.2) is 255 Å². The normalized spacial score (nSPS) is 13.5. The van der Waals surface area contributed by atoms with Gasteiger partial charge in [-0.2, -0.15) is 0 Å². The minimum atomic E-state index is -0.577. The first kappa shape index (κ1) is 36.4. The van der Waals surface area contributed by atoms with Crippen molar-refractivity contribution in [1.29, 1.82) is 0 Å². The maximum absolute atomic E-state index is 9.25. The largest absolute Gasteiger partial charge is 0.458 e. The Labute approximate surface area is 457 Å². The van der Waals surface area contributed by atoms with Gasteiger partial charge in [-0.1, -0.05) is 203 Å². The van der Waals surface area contributed by atoms with E-state index in [2.05, 4.69) is 111 Å². The highest BCUT2D eigenvalue weighted by atomic mass is 16.5. The number of pyridine rings is 1. The number of hydrogen-bond donors (Lipinski definition) is 0. The third-order valence-corrected chi connectivity index (χ3v) is 14.1. The van der Waals surface area contributed by atoms with Crippen LogP contribution in [0.25, 0.3) is 106 Å². The van der Waals surface area contributed by atoms with Gasteiger partial charge in [-0.05, 0) is 140 Å². The minimum Gasteiger partial charge on any atom is -0.458 e. The maximum Gasteiger partial charge on any atom is 0.269 e. The molecule has 0 fully saturated rings. The summed E-state index contributed by atoms with van der Waals surface area (Å²) in [5.74, 6) is 1.82. The summed E-state index contributed by atoms with van der Waals surface area (Å²) in [4.78, 5) is 4.93. The van der Waals surface area contributed by atoms with Gasteiger partial charge in [0, 0.05) is 23.0 Å². The highest BCUT2D eigenvalue weighted by molar-refractivity contribution is 6.09. The van der Waals surface area contributed by atoms with Crippen molar-refractivity contribution in [3.05, 3.63) is 272 Å². The van der Waals surface area contributed by atoms with Gasteiger partial charge in [0.25, 0.3) is 6.33 Å². The smallest absolute Gasteiger partial charge is 0.269 e. The van der Waals surface area contributed by atoms with Gasteiger partial charge >= 0.3 is 0 Å². The number of rotatable bonds is 10. The lowest BCUT2D eigenvalue weighted by molar-refractivity contribution is -0.571. The highest BCUT2D eigenvalue weighted by Crippen LogP contribution is 2.42. The number of nitrogens with zero attached hydrogens (tertiary/aromatic N) is 4. The molecular weight excluding hydrogens is 925 g/mol. The summed E-state index contributed by atoms with van der Waals surface area (Å²) >= 11 is 0. The van der Waals surface area contributed by atoms with Gasteiger partial charge < -0.3 is 4.74 Å². The average Bonchev–Trinajstić information content (AvgIpc) is 1.63. The second-order valence-corrected chi connectivity index (χ2v) is 19.9. The first-order valence-electron chi connectivity index (χ1n) is 30.2. The third kappa shape index (κ3) is 8.42. The Balaban J connectivity index is 1.09. The second-order valence-electron chi connectivity index (χ2n) is 19.9. The van der Waals surface area contributed by atoms with Crippen LogP contribution in [0.5, 0.6) is 11.5 Å². The summed E-state index contributed by atoms with van der Waals surface area (Å²) in [5, 5.41) is 2.09. The van der Waals surface area contributed by atoms with Crippen molar-refractivity contribution in [2.24, 2.45) is 0 Å². The lowest BCUT2D eigenvalue weighted by atomic mass is 9.88. The Bertz CT molecular complexity index is 4770. The van der Waals surface area contributed by atoms with Crippen LogP contribution in [0, 0.1) is 13.3 Å². The van der Waals surface area contributed by atoms with E-state index >= 15 is 0 Å². The molecule has 13 rings (SSSR count). The number of ether oxygens (including phenoxy) is 1. The van der Waals surface area contributed by atoms with Crippen LogP contribution >= 0.6 is 0 Å². The Morgan fingerprint density at radius 1 is 0.487 bits per heavy atom.